The monoisotopic (exact) mass is 332 g/mol. The zero-order valence-corrected chi connectivity index (χ0v) is 13.9. The molecule has 1 saturated heterocycles. The molecule has 0 aliphatic carbocycles. The molecular formula is C20H20N4O. The highest BCUT2D eigenvalue weighted by atomic mass is 16.2. The van der Waals surface area contributed by atoms with Gasteiger partial charge in [0.2, 0.25) is 0 Å². The third kappa shape index (κ3) is 3.01. The van der Waals surface area contributed by atoms with E-state index in [-0.39, 0.29) is 5.91 Å². The zero-order valence-electron chi connectivity index (χ0n) is 13.9. The van der Waals surface area contributed by atoms with Gasteiger partial charge in [-0.15, -0.1) is 0 Å². The minimum absolute atomic E-state index is 0.0988. The van der Waals surface area contributed by atoms with E-state index in [1.807, 2.05) is 59.5 Å². The summed E-state index contributed by atoms with van der Waals surface area (Å²) in [5, 5.41) is 2.11. The van der Waals surface area contributed by atoms with Gasteiger partial charge < -0.3 is 15.5 Å². The van der Waals surface area contributed by atoms with E-state index < -0.39 is 0 Å². The normalized spacial score (nSPS) is 14.7. The molecule has 1 amide bonds. The second-order valence-electron chi connectivity index (χ2n) is 6.26. The Balaban J connectivity index is 1.50. The Morgan fingerprint density at radius 1 is 0.920 bits per heavy atom. The van der Waals surface area contributed by atoms with E-state index in [0.717, 1.165) is 35.2 Å². The van der Waals surface area contributed by atoms with Crippen LogP contribution in [0.1, 0.15) is 10.4 Å². The number of hydrogen-bond donors (Lipinski definition) is 1. The Bertz CT molecular complexity index is 894. The lowest BCUT2D eigenvalue weighted by atomic mass is 10.0. The molecule has 0 atom stereocenters. The summed E-state index contributed by atoms with van der Waals surface area (Å²) >= 11 is 0. The topological polar surface area (TPSA) is 62.5 Å². The van der Waals surface area contributed by atoms with Gasteiger partial charge in [-0.1, -0.05) is 36.4 Å². The van der Waals surface area contributed by atoms with E-state index in [1.165, 1.54) is 0 Å². The van der Waals surface area contributed by atoms with E-state index >= 15 is 0 Å². The van der Waals surface area contributed by atoms with Gasteiger partial charge in [-0.3, -0.25) is 4.79 Å². The molecule has 1 aromatic heterocycles. The predicted octanol–water partition coefficient (Wildman–Crippen LogP) is 2.78. The fourth-order valence-electron chi connectivity index (χ4n) is 3.31. The highest BCUT2D eigenvalue weighted by molar-refractivity contribution is 6.07. The summed E-state index contributed by atoms with van der Waals surface area (Å²) in [6.45, 7) is 2.92. The summed E-state index contributed by atoms with van der Waals surface area (Å²) in [7, 11) is 0. The Kier molecular flexibility index (Phi) is 3.98. The fourth-order valence-corrected chi connectivity index (χ4v) is 3.31. The first-order valence-electron chi connectivity index (χ1n) is 8.46. The van der Waals surface area contributed by atoms with Crippen molar-refractivity contribution < 1.29 is 4.79 Å². The predicted molar refractivity (Wildman–Crippen MR) is 101 cm³/mol. The van der Waals surface area contributed by atoms with Crippen molar-refractivity contribution in [1.29, 1.82) is 0 Å². The number of anilines is 2. The van der Waals surface area contributed by atoms with Crippen LogP contribution in [-0.4, -0.2) is 42.0 Å². The summed E-state index contributed by atoms with van der Waals surface area (Å²) in [6, 6.07) is 17.7. The van der Waals surface area contributed by atoms with Crippen LogP contribution in [0.2, 0.25) is 0 Å². The van der Waals surface area contributed by atoms with Gasteiger partial charge in [-0.05, 0) is 29.0 Å². The number of carbonyl (C=O) groups excluding carboxylic acids is 1. The van der Waals surface area contributed by atoms with E-state index in [4.69, 9.17) is 5.73 Å². The summed E-state index contributed by atoms with van der Waals surface area (Å²) in [5.74, 6) is 1.01. The lowest BCUT2D eigenvalue weighted by Gasteiger charge is -2.35. The number of pyridine rings is 1. The van der Waals surface area contributed by atoms with Gasteiger partial charge in [0.1, 0.15) is 5.82 Å². The maximum Gasteiger partial charge on any atom is 0.254 e. The number of nitrogen functional groups attached to an aromatic ring is 1. The van der Waals surface area contributed by atoms with Gasteiger partial charge in [0, 0.05) is 31.7 Å². The van der Waals surface area contributed by atoms with Crippen molar-refractivity contribution in [2.75, 3.05) is 36.8 Å². The van der Waals surface area contributed by atoms with Crippen LogP contribution in [0.4, 0.5) is 11.5 Å². The lowest BCUT2D eigenvalue weighted by molar-refractivity contribution is 0.0748. The molecule has 2 N–H and O–H groups in total. The smallest absolute Gasteiger partial charge is 0.254 e. The first-order chi connectivity index (χ1) is 12.2. The van der Waals surface area contributed by atoms with Crippen LogP contribution in [0, 0.1) is 0 Å². The molecular weight excluding hydrogens is 312 g/mol. The zero-order chi connectivity index (χ0) is 17.2. The lowest BCUT2D eigenvalue weighted by Crippen LogP contribution is -2.49. The Morgan fingerprint density at radius 2 is 1.68 bits per heavy atom. The average molecular weight is 332 g/mol. The minimum Gasteiger partial charge on any atom is -0.397 e. The molecule has 0 unspecified atom stereocenters. The summed E-state index contributed by atoms with van der Waals surface area (Å²) < 4.78 is 0. The van der Waals surface area contributed by atoms with Gasteiger partial charge >= 0.3 is 0 Å². The van der Waals surface area contributed by atoms with Crippen molar-refractivity contribution in [3.8, 4) is 0 Å². The number of hydrogen-bond acceptors (Lipinski definition) is 4. The second-order valence-corrected chi connectivity index (χ2v) is 6.26. The van der Waals surface area contributed by atoms with Crippen LogP contribution in [0.5, 0.6) is 0 Å². The van der Waals surface area contributed by atoms with Gasteiger partial charge in [-0.2, -0.15) is 0 Å². The number of nitrogens with two attached hydrogens (primary N) is 1. The molecule has 0 spiro atoms. The SMILES string of the molecule is Nc1ccc(N2CCN(C(=O)c3cccc4ccccc34)CC2)nc1. The van der Waals surface area contributed by atoms with Crippen LogP contribution in [0.3, 0.4) is 0 Å². The highest BCUT2D eigenvalue weighted by Crippen LogP contribution is 2.21. The highest BCUT2D eigenvalue weighted by Gasteiger charge is 2.23. The van der Waals surface area contributed by atoms with Crippen LogP contribution >= 0.6 is 0 Å². The second kappa shape index (κ2) is 6.43. The molecule has 5 nitrogen and oxygen atoms in total. The summed E-state index contributed by atoms with van der Waals surface area (Å²) in [6.07, 6.45) is 1.67. The molecule has 1 fully saturated rings. The van der Waals surface area contributed by atoms with Crippen LogP contribution < -0.4 is 10.6 Å². The maximum absolute atomic E-state index is 13.0. The summed E-state index contributed by atoms with van der Waals surface area (Å²) in [4.78, 5) is 21.5. The van der Waals surface area contributed by atoms with Crippen molar-refractivity contribution >= 4 is 28.2 Å². The molecule has 2 heterocycles. The van der Waals surface area contributed by atoms with E-state index in [0.29, 0.717) is 18.8 Å². The molecule has 2 aromatic carbocycles. The first kappa shape index (κ1) is 15.4. The molecule has 0 radical (unpaired) electrons. The largest absolute Gasteiger partial charge is 0.397 e. The molecule has 5 heteroatoms. The van der Waals surface area contributed by atoms with Crippen molar-refractivity contribution in [1.82, 2.24) is 9.88 Å². The van der Waals surface area contributed by atoms with Gasteiger partial charge in [0.25, 0.3) is 5.91 Å². The van der Waals surface area contributed by atoms with Gasteiger partial charge in [-0.25, -0.2) is 4.98 Å². The third-order valence-corrected chi connectivity index (χ3v) is 4.68. The van der Waals surface area contributed by atoms with Crippen molar-refractivity contribution in [2.45, 2.75) is 0 Å². The molecule has 0 saturated carbocycles. The maximum atomic E-state index is 13.0. The van der Waals surface area contributed by atoms with E-state index in [2.05, 4.69) is 9.88 Å². The number of carbonyl (C=O) groups is 1. The first-order valence-corrected chi connectivity index (χ1v) is 8.46. The van der Waals surface area contributed by atoms with E-state index in [9.17, 15) is 4.79 Å². The number of nitrogens with zero attached hydrogens (tertiary/aromatic N) is 3. The number of benzene rings is 2. The molecule has 0 bridgehead atoms. The van der Waals surface area contributed by atoms with Crippen LogP contribution in [-0.2, 0) is 0 Å². The van der Waals surface area contributed by atoms with Crippen LogP contribution in [0.15, 0.2) is 60.8 Å². The third-order valence-electron chi connectivity index (χ3n) is 4.68. The Morgan fingerprint density at radius 3 is 2.44 bits per heavy atom. The van der Waals surface area contributed by atoms with Crippen molar-refractivity contribution in [3.63, 3.8) is 0 Å². The fraction of sp³-hybridized carbons (Fsp3) is 0.200. The van der Waals surface area contributed by atoms with Gasteiger partial charge in [0.05, 0.1) is 11.9 Å². The molecule has 1 aliphatic heterocycles. The Labute approximate surface area is 146 Å². The average Bonchev–Trinajstić information content (AvgIpc) is 2.68. The Hall–Kier alpha value is -3.08. The minimum atomic E-state index is 0.0988. The summed E-state index contributed by atoms with van der Waals surface area (Å²) in [5.41, 5.74) is 7.13. The number of piperazine rings is 1. The molecule has 25 heavy (non-hydrogen) atoms. The molecule has 3 aromatic rings. The molecule has 1 aliphatic rings. The number of fused-ring (bicyclic) bond motifs is 1. The van der Waals surface area contributed by atoms with Crippen molar-refractivity contribution in [2.24, 2.45) is 0 Å². The molecule has 4 rings (SSSR count). The van der Waals surface area contributed by atoms with Gasteiger partial charge in [0.15, 0.2) is 0 Å². The number of amides is 1. The number of aromatic nitrogens is 1. The standard InChI is InChI=1S/C20H20N4O/c21-16-8-9-19(22-14-16)23-10-12-24(13-11-23)20(25)18-7-3-5-15-4-1-2-6-17(15)18/h1-9,14H,10-13,21H2. The number of rotatable bonds is 2. The molecule has 126 valence electrons. The van der Waals surface area contributed by atoms with Crippen molar-refractivity contribution in [3.05, 3.63) is 66.4 Å². The van der Waals surface area contributed by atoms with Crippen LogP contribution in [0.25, 0.3) is 10.8 Å². The van der Waals surface area contributed by atoms with E-state index in [1.54, 1.807) is 6.20 Å². The quantitative estimate of drug-likeness (QED) is 0.784.